The van der Waals surface area contributed by atoms with Crippen molar-refractivity contribution in [2.24, 2.45) is 0 Å². The molecule has 5 nitrogen and oxygen atoms in total. The molecule has 1 saturated heterocycles. The predicted octanol–water partition coefficient (Wildman–Crippen LogP) is 0.0599. The lowest BCUT2D eigenvalue weighted by atomic mass is 10.2. The number of ether oxygens (including phenoxy) is 1. The third kappa shape index (κ3) is 4.55. The molecule has 0 aromatic heterocycles. The van der Waals surface area contributed by atoms with E-state index in [0.717, 1.165) is 19.3 Å². The minimum atomic E-state index is -0.393. The van der Waals surface area contributed by atoms with Crippen molar-refractivity contribution in [1.29, 1.82) is 0 Å². The van der Waals surface area contributed by atoms with Crippen LogP contribution < -0.4 is 5.32 Å². The van der Waals surface area contributed by atoms with Gasteiger partial charge in [-0.25, -0.2) is 0 Å². The topological polar surface area (TPSA) is 58.6 Å². The lowest BCUT2D eigenvalue weighted by Crippen LogP contribution is -2.45. The molecule has 1 aliphatic rings. The van der Waals surface area contributed by atoms with E-state index < -0.39 is 6.10 Å². The van der Waals surface area contributed by atoms with Crippen molar-refractivity contribution in [1.82, 2.24) is 10.2 Å². The highest BCUT2D eigenvalue weighted by Gasteiger charge is 2.27. The van der Waals surface area contributed by atoms with E-state index in [9.17, 15) is 9.59 Å². The molecule has 0 spiro atoms. The number of nitrogens with zero attached hydrogens (tertiary/aromatic N) is 1. The Bertz CT molecular complexity index is 273. The van der Waals surface area contributed by atoms with Crippen molar-refractivity contribution in [2.45, 2.75) is 25.4 Å². The highest BCUT2D eigenvalue weighted by Crippen LogP contribution is 2.13. The standard InChI is InChI=1S/C11H20N2O3S/c1-16-9-4-2-3-6-13(11(9)15)8-10(14)12-5-7-17/h9,17H,2-8H2,1H3,(H,12,14). The Morgan fingerprint density at radius 1 is 1.59 bits per heavy atom. The fourth-order valence-corrected chi connectivity index (χ4v) is 1.98. The van der Waals surface area contributed by atoms with E-state index in [1.165, 1.54) is 7.11 Å². The first-order valence-corrected chi connectivity index (χ1v) is 6.51. The Balaban J connectivity index is 2.49. The maximum atomic E-state index is 12.0. The van der Waals surface area contributed by atoms with E-state index >= 15 is 0 Å². The van der Waals surface area contributed by atoms with E-state index in [0.29, 0.717) is 18.8 Å². The van der Waals surface area contributed by atoms with Crippen LogP contribution in [-0.2, 0) is 14.3 Å². The molecule has 1 aliphatic heterocycles. The van der Waals surface area contributed by atoms with Gasteiger partial charge in [0.05, 0.1) is 6.54 Å². The summed E-state index contributed by atoms with van der Waals surface area (Å²) in [5.74, 6) is 0.385. The van der Waals surface area contributed by atoms with E-state index in [4.69, 9.17) is 4.74 Å². The number of carbonyl (C=O) groups is 2. The number of amides is 2. The van der Waals surface area contributed by atoms with Crippen LogP contribution in [-0.4, -0.2) is 55.3 Å². The van der Waals surface area contributed by atoms with Gasteiger partial charge in [0, 0.05) is 26.0 Å². The summed E-state index contributed by atoms with van der Waals surface area (Å²) in [6.45, 7) is 1.27. The zero-order chi connectivity index (χ0) is 12.7. The molecule has 1 heterocycles. The Kier molecular flexibility index (Phi) is 6.36. The first-order chi connectivity index (χ1) is 8.19. The molecular weight excluding hydrogens is 240 g/mol. The van der Waals surface area contributed by atoms with Gasteiger partial charge < -0.3 is 15.0 Å². The van der Waals surface area contributed by atoms with Crippen molar-refractivity contribution >= 4 is 24.4 Å². The van der Waals surface area contributed by atoms with Crippen LogP contribution in [0.25, 0.3) is 0 Å². The second-order valence-electron chi connectivity index (χ2n) is 4.05. The van der Waals surface area contributed by atoms with Crippen LogP contribution in [0, 0.1) is 0 Å². The molecule has 1 unspecified atom stereocenters. The van der Waals surface area contributed by atoms with Gasteiger partial charge >= 0.3 is 0 Å². The fraction of sp³-hybridized carbons (Fsp3) is 0.818. The molecule has 0 aliphatic carbocycles. The number of rotatable bonds is 5. The van der Waals surface area contributed by atoms with E-state index in [-0.39, 0.29) is 18.4 Å². The highest BCUT2D eigenvalue weighted by atomic mass is 32.1. The van der Waals surface area contributed by atoms with E-state index in [1.807, 2.05) is 0 Å². The zero-order valence-corrected chi connectivity index (χ0v) is 11.0. The van der Waals surface area contributed by atoms with Crippen LogP contribution >= 0.6 is 12.6 Å². The Morgan fingerprint density at radius 3 is 3.00 bits per heavy atom. The molecule has 0 aromatic carbocycles. The van der Waals surface area contributed by atoms with E-state index in [1.54, 1.807) is 4.90 Å². The average molecular weight is 260 g/mol. The third-order valence-corrected chi connectivity index (χ3v) is 3.01. The summed E-state index contributed by atoms with van der Waals surface area (Å²) in [6.07, 6.45) is 2.23. The lowest BCUT2D eigenvalue weighted by molar-refractivity contribution is -0.144. The molecule has 1 fully saturated rings. The highest BCUT2D eigenvalue weighted by molar-refractivity contribution is 7.80. The number of nitrogens with one attached hydrogen (secondary N) is 1. The van der Waals surface area contributed by atoms with Gasteiger partial charge in [-0.15, -0.1) is 0 Å². The van der Waals surface area contributed by atoms with Crippen molar-refractivity contribution in [3.8, 4) is 0 Å². The molecule has 1 atom stereocenters. The molecule has 2 amide bonds. The van der Waals surface area contributed by atoms with Gasteiger partial charge in [0.1, 0.15) is 6.10 Å². The molecule has 0 saturated carbocycles. The molecule has 1 rings (SSSR count). The molecule has 0 aromatic rings. The smallest absolute Gasteiger partial charge is 0.252 e. The van der Waals surface area contributed by atoms with Crippen LogP contribution in [0.2, 0.25) is 0 Å². The second kappa shape index (κ2) is 7.55. The van der Waals surface area contributed by atoms with Gasteiger partial charge in [0.2, 0.25) is 5.91 Å². The number of thiol groups is 1. The average Bonchev–Trinajstić information content (AvgIpc) is 2.50. The molecule has 0 bridgehead atoms. The molecule has 1 N–H and O–H groups in total. The number of hydrogen-bond donors (Lipinski definition) is 2. The number of hydrogen-bond acceptors (Lipinski definition) is 4. The van der Waals surface area contributed by atoms with Gasteiger partial charge in [-0.05, 0) is 19.3 Å². The summed E-state index contributed by atoms with van der Waals surface area (Å²) in [7, 11) is 1.53. The fourth-order valence-electron chi connectivity index (χ4n) is 1.87. The Labute approximate surface area is 107 Å². The SMILES string of the molecule is COC1CCCCN(CC(=O)NCCS)C1=O. The molecule has 6 heteroatoms. The van der Waals surface area contributed by atoms with Crippen LogP contribution in [0.1, 0.15) is 19.3 Å². The number of likely N-dealkylation sites (tertiary alicyclic amines) is 1. The van der Waals surface area contributed by atoms with Crippen molar-refractivity contribution < 1.29 is 14.3 Å². The minimum Gasteiger partial charge on any atom is -0.372 e. The number of methoxy groups -OCH3 is 1. The van der Waals surface area contributed by atoms with Gasteiger partial charge in [-0.2, -0.15) is 12.6 Å². The van der Waals surface area contributed by atoms with Crippen LogP contribution in [0.4, 0.5) is 0 Å². The Hall–Kier alpha value is -0.750. The zero-order valence-electron chi connectivity index (χ0n) is 10.1. The monoisotopic (exact) mass is 260 g/mol. The predicted molar refractivity (Wildman–Crippen MR) is 68.1 cm³/mol. The summed E-state index contributed by atoms with van der Waals surface area (Å²) in [4.78, 5) is 25.1. The van der Waals surface area contributed by atoms with Crippen molar-refractivity contribution in [3.05, 3.63) is 0 Å². The summed E-state index contributed by atoms with van der Waals surface area (Å²) in [5.41, 5.74) is 0. The summed E-state index contributed by atoms with van der Waals surface area (Å²) in [5, 5.41) is 2.70. The third-order valence-electron chi connectivity index (χ3n) is 2.78. The van der Waals surface area contributed by atoms with Gasteiger partial charge in [0.25, 0.3) is 5.91 Å². The maximum Gasteiger partial charge on any atom is 0.252 e. The van der Waals surface area contributed by atoms with Crippen LogP contribution in [0.15, 0.2) is 0 Å². The molecule has 98 valence electrons. The van der Waals surface area contributed by atoms with Crippen LogP contribution in [0.3, 0.4) is 0 Å². The van der Waals surface area contributed by atoms with Gasteiger partial charge in [0.15, 0.2) is 0 Å². The first kappa shape index (κ1) is 14.3. The summed E-state index contributed by atoms with van der Waals surface area (Å²) in [6, 6.07) is 0. The normalized spacial score (nSPS) is 21.2. The Morgan fingerprint density at radius 2 is 2.35 bits per heavy atom. The summed E-state index contributed by atoms with van der Waals surface area (Å²) < 4.78 is 5.14. The molecular formula is C11H20N2O3S. The van der Waals surface area contributed by atoms with Crippen LogP contribution in [0.5, 0.6) is 0 Å². The number of carbonyl (C=O) groups excluding carboxylic acids is 2. The van der Waals surface area contributed by atoms with Crippen molar-refractivity contribution in [3.63, 3.8) is 0 Å². The van der Waals surface area contributed by atoms with E-state index in [2.05, 4.69) is 17.9 Å². The van der Waals surface area contributed by atoms with Gasteiger partial charge in [-0.3, -0.25) is 9.59 Å². The lowest BCUT2D eigenvalue weighted by Gasteiger charge is -2.22. The summed E-state index contributed by atoms with van der Waals surface area (Å²) >= 11 is 4.01. The van der Waals surface area contributed by atoms with Gasteiger partial charge in [-0.1, -0.05) is 0 Å². The molecule has 17 heavy (non-hydrogen) atoms. The largest absolute Gasteiger partial charge is 0.372 e. The minimum absolute atomic E-state index is 0.0778. The molecule has 0 radical (unpaired) electrons. The quantitative estimate of drug-likeness (QED) is 0.687. The first-order valence-electron chi connectivity index (χ1n) is 5.88. The van der Waals surface area contributed by atoms with Crippen molar-refractivity contribution in [2.75, 3.05) is 32.5 Å². The maximum absolute atomic E-state index is 12.0. The second-order valence-corrected chi connectivity index (χ2v) is 4.50.